The average molecular weight is 375 g/mol. The van der Waals surface area contributed by atoms with Crippen LogP contribution in [-0.2, 0) is 14.3 Å². The summed E-state index contributed by atoms with van der Waals surface area (Å²) in [7, 11) is 0. The van der Waals surface area contributed by atoms with E-state index in [2.05, 4.69) is 13.8 Å². The van der Waals surface area contributed by atoms with Crippen LogP contribution in [0.15, 0.2) is 0 Å². The number of carbonyl (C=O) groups is 2. The largest absolute Gasteiger partial charge is 0.459 e. The summed E-state index contributed by atoms with van der Waals surface area (Å²) < 4.78 is 5.92. The third-order valence-electron chi connectivity index (χ3n) is 9.36. The highest BCUT2D eigenvalue weighted by Gasteiger charge is 2.55. The summed E-state index contributed by atoms with van der Waals surface area (Å²) in [5.74, 6) is 3.81. The van der Waals surface area contributed by atoms with E-state index < -0.39 is 0 Å². The number of hydrogen-bond donors (Lipinski definition) is 0. The van der Waals surface area contributed by atoms with E-state index in [1.54, 1.807) is 6.92 Å². The predicted molar refractivity (Wildman–Crippen MR) is 106 cm³/mol. The van der Waals surface area contributed by atoms with E-state index in [9.17, 15) is 9.59 Å². The minimum atomic E-state index is -0.230. The Hall–Kier alpha value is -0.860. The van der Waals surface area contributed by atoms with Crippen LogP contribution < -0.4 is 0 Å². The van der Waals surface area contributed by atoms with Gasteiger partial charge in [0, 0.05) is 19.3 Å². The lowest BCUT2D eigenvalue weighted by Gasteiger charge is -2.53. The van der Waals surface area contributed by atoms with Crippen LogP contribution in [0.25, 0.3) is 0 Å². The Labute approximate surface area is 165 Å². The molecule has 3 heteroatoms. The Balaban J connectivity index is 1.61. The van der Waals surface area contributed by atoms with Gasteiger partial charge in [-0.05, 0) is 93.3 Å². The number of rotatable bonds is 2. The number of fused-ring (bicyclic) bond motifs is 6. The lowest BCUT2D eigenvalue weighted by atomic mass is 9.53. The molecule has 4 aliphatic rings. The van der Waals surface area contributed by atoms with Crippen LogP contribution in [0.5, 0.6) is 0 Å². The lowest BCUT2D eigenvalue weighted by Crippen LogP contribution is -2.50. The summed E-state index contributed by atoms with van der Waals surface area (Å²) in [6.07, 6.45) is 13.7. The van der Waals surface area contributed by atoms with Gasteiger partial charge in [0.15, 0.2) is 0 Å². The molecule has 0 aliphatic heterocycles. The highest BCUT2D eigenvalue weighted by atomic mass is 16.6. The Morgan fingerprint density at radius 1 is 1.15 bits per heavy atom. The van der Waals surface area contributed by atoms with Crippen molar-refractivity contribution in [2.45, 2.75) is 103 Å². The highest BCUT2D eigenvalue weighted by molar-refractivity contribution is 5.81. The highest BCUT2D eigenvalue weighted by Crippen LogP contribution is 2.61. The van der Waals surface area contributed by atoms with E-state index >= 15 is 0 Å². The fourth-order valence-electron chi connectivity index (χ4n) is 7.79. The van der Waals surface area contributed by atoms with Gasteiger partial charge < -0.3 is 4.74 Å². The number of Topliss-reactive ketones (excluding diaryl/α,β-unsaturated/α-hetero) is 1. The molecule has 0 N–H and O–H groups in total. The third kappa shape index (κ3) is 3.38. The number of ether oxygens (including phenoxy) is 1. The van der Waals surface area contributed by atoms with Crippen LogP contribution in [0, 0.1) is 35.0 Å². The maximum atomic E-state index is 12.4. The maximum Gasteiger partial charge on any atom is 0.303 e. The van der Waals surface area contributed by atoms with Gasteiger partial charge in [-0.3, -0.25) is 9.59 Å². The molecular formula is C24H38O3. The molecular weight excluding hydrogens is 336 g/mol. The van der Waals surface area contributed by atoms with Crippen molar-refractivity contribution < 1.29 is 14.3 Å². The molecule has 2 bridgehead atoms. The van der Waals surface area contributed by atoms with Gasteiger partial charge in [-0.1, -0.05) is 20.3 Å². The minimum absolute atomic E-state index is 0.117. The van der Waals surface area contributed by atoms with Gasteiger partial charge in [-0.15, -0.1) is 0 Å². The molecule has 0 saturated heterocycles. The normalized spacial score (nSPS) is 47.2. The number of esters is 1. The van der Waals surface area contributed by atoms with E-state index in [0.29, 0.717) is 23.0 Å². The molecule has 0 aromatic rings. The van der Waals surface area contributed by atoms with Gasteiger partial charge in [-0.25, -0.2) is 0 Å². The fraction of sp³-hybridized carbons (Fsp3) is 0.917. The van der Waals surface area contributed by atoms with Crippen molar-refractivity contribution in [3.8, 4) is 0 Å². The minimum Gasteiger partial charge on any atom is -0.459 e. The Morgan fingerprint density at radius 2 is 1.96 bits per heavy atom. The zero-order chi connectivity index (χ0) is 19.2. The van der Waals surface area contributed by atoms with Crippen LogP contribution in [0.2, 0.25) is 0 Å². The lowest BCUT2D eigenvalue weighted by molar-refractivity contribution is -0.171. The van der Waals surface area contributed by atoms with Crippen molar-refractivity contribution >= 4 is 11.8 Å². The third-order valence-corrected chi connectivity index (χ3v) is 9.36. The molecule has 0 aromatic heterocycles. The van der Waals surface area contributed by atoms with E-state index in [0.717, 1.165) is 56.3 Å². The summed E-state index contributed by atoms with van der Waals surface area (Å²) in [6.45, 7) is 6.31. The molecule has 4 saturated carbocycles. The quantitative estimate of drug-likeness (QED) is 0.582. The van der Waals surface area contributed by atoms with Crippen molar-refractivity contribution in [2.24, 2.45) is 35.0 Å². The van der Waals surface area contributed by atoms with Gasteiger partial charge in [0.1, 0.15) is 11.4 Å². The SMILES string of the molecule is CC[C@]1(OC(C)=O)CC[C@@]2(C)[C@@H](CCC[C@@H]3C4CCC(=O)[C@H](CC[C@@H]32)C4)C1. The van der Waals surface area contributed by atoms with Crippen LogP contribution in [0.3, 0.4) is 0 Å². The van der Waals surface area contributed by atoms with Crippen LogP contribution in [-0.4, -0.2) is 17.4 Å². The van der Waals surface area contributed by atoms with Crippen molar-refractivity contribution in [3.05, 3.63) is 0 Å². The van der Waals surface area contributed by atoms with Gasteiger partial charge in [0.2, 0.25) is 0 Å². The second kappa shape index (κ2) is 7.19. The molecule has 4 aliphatic carbocycles. The Kier molecular flexibility index (Phi) is 5.18. The molecule has 1 unspecified atom stereocenters. The summed E-state index contributed by atoms with van der Waals surface area (Å²) in [4.78, 5) is 24.1. The van der Waals surface area contributed by atoms with Crippen LogP contribution in [0.1, 0.15) is 97.8 Å². The molecule has 4 fully saturated rings. The Morgan fingerprint density at radius 3 is 2.70 bits per heavy atom. The first kappa shape index (κ1) is 19.5. The van der Waals surface area contributed by atoms with Crippen LogP contribution >= 0.6 is 0 Å². The zero-order valence-corrected chi connectivity index (χ0v) is 17.6. The van der Waals surface area contributed by atoms with Gasteiger partial charge in [-0.2, -0.15) is 0 Å². The van der Waals surface area contributed by atoms with E-state index in [4.69, 9.17) is 4.74 Å². The first-order chi connectivity index (χ1) is 12.9. The summed E-state index contributed by atoms with van der Waals surface area (Å²) in [5, 5.41) is 0. The topological polar surface area (TPSA) is 43.4 Å². The smallest absolute Gasteiger partial charge is 0.303 e. The summed E-state index contributed by atoms with van der Waals surface area (Å²) in [5.41, 5.74) is 0.132. The first-order valence-electron chi connectivity index (χ1n) is 11.6. The maximum absolute atomic E-state index is 12.4. The standard InChI is InChI=1S/C24H38O3/c1-4-24(27-16(2)25)13-12-23(3)19(15-24)6-5-7-20-17-9-11-22(26)18(14-17)8-10-21(20)23/h17-21H,4-15H2,1-3H3/t17?,18-,19+,20-,21+,23+,24+/m1/s1. The molecule has 0 radical (unpaired) electrons. The molecule has 0 amide bonds. The summed E-state index contributed by atoms with van der Waals surface area (Å²) in [6, 6.07) is 0. The molecule has 0 spiro atoms. The molecule has 3 nitrogen and oxygen atoms in total. The predicted octanol–water partition coefficient (Wildman–Crippen LogP) is 5.70. The van der Waals surface area contributed by atoms with Crippen molar-refractivity contribution in [2.75, 3.05) is 0 Å². The molecule has 0 heterocycles. The second-order valence-corrected chi connectivity index (χ2v) is 10.5. The zero-order valence-electron chi connectivity index (χ0n) is 17.6. The number of hydrogen-bond acceptors (Lipinski definition) is 3. The van der Waals surface area contributed by atoms with Gasteiger partial charge >= 0.3 is 5.97 Å². The second-order valence-electron chi connectivity index (χ2n) is 10.5. The summed E-state index contributed by atoms with van der Waals surface area (Å²) >= 11 is 0. The van der Waals surface area contributed by atoms with Crippen molar-refractivity contribution in [1.29, 1.82) is 0 Å². The van der Waals surface area contributed by atoms with E-state index in [1.165, 1.54) is 38.5 Å². The molecule has 0 aromatic carbocycles. The number of ketones is 1. The monoisotopic (exact) mass is 374 g/mol. The molecule has 7 atom stereocenters. The molecule has 152 valence electrons. The number of carbonyl (C=O) groups excluding carboxylic acids is 2. The van der Waals surface area contributed by atoms with Gasteiger partial charge in [0.05, 0.1) is 0 Å². The molecule has 27 heavy (non-hydrogen) atoms. The van der Waals surface area contributed by atoms with Gasteiger partial charge in [0.25, 0.3) is 0 Å². The van der Waals surface area contributed by atoms with E-state index in [1.807, 2.05) is 0 Å². The van der Waals surface area contributed by atoms with Crippen molar-refractivity contribution in [3.63, 3.8) is 0 Å². The van der Waals surface area contributed by atoms with E-state index in [-0.39, 0.29) is 11.6 Å². The average Bonchev–Trinajstić information content (AvgIpc) is 2.87. The van der Waals surface area contributed by atoms with Crippen LogP contribution in [0.4, 0.5) is 0 Å². The van der Waals surface area contributed by atoms with Crippen molar-refractivity contribution in [1.82, 2.24) is 0 Å². The Bertz CT molecular complexity index is 598. The first-order valence-corrected chi connectivity index (χ1v) is 11.6. The molecule has 4 rings (SSSR count). The fourth-order valence-corrected chi connectivity index (χ4v) is 7.79.